The van der Waals surface area contributed by atoms with Gasteiger partial charge in [-0.3, -0.25) is 0 Å². The summed E-state index contributed by atoms with van der Waals surface area (Å²) in [5.74, 6) is 0.673. The van der Waals surface area contributed by atoms with Crippen LogP contribution >= 0.6 is 15.9 Å². The van der Waals surface area contributed by atoms with Gasteiger partial charge in [-0.15, -0.1) is 10.2 Å². The lowest BCUT2D eigenvalue weighted by Gasteiger charge is -2.10. The van der Waals surface area contributed by atoms with Crippen LogP contribution < -0.4 is 4.74 Å². The number of esters is 1. The summed E-state index contributed by atoms with van der Waals surface area (Å²) in [6.07, 6.45) is -0.661. The minimum atomic E-state index is -0.661. The molecule has 3 rings (SSSR count). The lowest BCUT2D eigenvalue weighted by molar-refractivity contribution is -0.152. The van der Waals surface area contributed by atoms with Crippen LogP contribution in [0, 0.1) is 0 Å². The molecule has 1 heterocycles. The molecule has 0 N–H and O–H groups in total. The van der Waals surface area contributed by atoms with Crippen LogP contribution in [0.2, 0.25) is 0 Å². The van der Waals surface area contributed by atoms with Crippen molar-refractivity contribution in [2.75, 3.05) is 6.61 Å². The second-order valence-corrected chi connectivity index (χ2v) is 6.10. The summed E-state index contributed by atoms with van der Waals surface area (Å²) in [5.41, 5.74) is 0.804. The van der Waals surface area contributed by atoms with Gasteiger partial charge < -0.3 is 13.9 Å². The summed E-state index contributed by atoms with van der Waals surface area (Å²) in [7, 11) is 0. The zero-order valence-electron chi connectivity index (χ0n) is 13.4. The summed E-state index contributed by atoms with van der Waals surface area (Å²) < 4.78 is 17.1. The Bertz CT molecular complexity index is 834. The van der Waals surface area contributed by atoms with Crippen LogP contribution in [0.3, 0.4) is 0 Å². The second kappa shape index (κ2) is 7.94. The molecule has 0 aliphatic rings. The van der Waals surface area contributed by atoms with E-state index in [2.05, 4.69) is 26.1 Å². The number of hydrogen-bond acceptors (Lipinski definition) is 6. The number of ether oxygens (including phenoxy) is 2. The van der Waals surface area contributed by atoms with Gasteiger partial charge in [-0.2, -0.15) is 0 Å². The van der Waals surface area contributed by atoms with E-state index in [9.17, 15) is 4.79 Å². The standard InChI is InChI=1S/C18H15BrN2O4/c1-12(17-20-21-18(25-17)13-5-3-2-4-6-13)24-16(22)11-23-15-9-7-14(19)8-10-15/h2-10,12H,11H2,1H3/t12-/m1/s1. The molecule has 1 atom stereocenters. The molecular formula is C18H15BrN2O4. The first kappa shape index (κ1) is 17.2. The van der Waals surface area contributed by atoms with Gasteiger partial charge in [0.2, 0.25) is 5.89 Å². The number of carbonyl (C=O) groups is 1. The van der Waals surface area contributed by atoms with Crippen molar-refractivity contribution in [3.8, 4) is 17.2 Å². The molecule has 0 bridgehead atoms. The van der Waals surface area contributed by atoms with Gasteiger partial charge >= 0.3 is 5.97 Å². The lowest BCUT2D eigenvalue weighted by atomic mass is 10.2. The molecule has 128 valence electrons. The van der Waals surface area contributed by atoms with E-state index in [0.29, 0.717) is 11.6 Å². The average molecular weight is 403 g/mol. The maximum atomic E-state index is 11.9. The Balaban J connectivity index is 1.55. The molecule has 0 unspecified atom stereocenters. The van der Waals surface area contributed by atoms with Crippen LogP contribution in [-0.2, 0) is 9.53 Å². The highest BCUT2D eigenvalue weighted by atomic mass is 79.9. The molecule has 0 aliphatic heterocycles. The summed E-state index contributed by atoms with van der Waals surface area (Å²) in [6, 6.07) is 16.5. The van der Waals surface area contributed by atoms with Crippen LogP contribution in [0.25, 0.3) is 11.5 Å². The third-order valence-electron chi connectivity index (χ3n) is 3.29. The van der Waals surface area contributed by atoms with Gasteiger partial charge in [-0.1, -0.05) is 34.1 Å². The average Bonchev–Trinajstić information content (AvgIpc) is 3.12. The first-order valence-corrected chi connectivity index (χ1v) is 8.38. The lowest BCUT2D eigenvalue weighted by Crippen LogP contribution is -2.17. The van der Waals surface area contributed by atoms with Gasteiger partial charge in [0, 0.05) is 10.0 Å². The number of aromatic nitrogens is 2. The van der Waals surface area contributed by atoms with E-state index < -0.39 is 12.1 Å². The Hall–Kier alpha value is -2.67. The van der Waals surface area contributed by atoms with Crippen molar-refractivity contribution in [2.24, 2.45) is 0 Å². The Labute approximate surface area is 152 Å². The van der Waals surface area contributed by atoms with Gasteiger partial charge in [0.1, 0.15) is 5.75 Å². The zero-order chi connectivity index (χ0) is 17.6. The molecule has 0 aliphatic carbocycles. The molecule has 2 aromatic carbocycles. The second-order valence-electron chi connectivity index (χ2n) is 5.19. The molecular weight excluding hydrogens is 388 g/mol. The fourth-order valence-corrected chi connectivity index (χ4v) is 2.32. The van der Waals surface area contributed by atoms with E-state index in [4.69, 9.17) is 13.9 Å². The van der Waals surface area contributed by atoms with E-state index in [1.807, 2.05) is 42.5 Å². The van der Waals surface area contributed by atoms with E-state index >= 15 is 0 Å². The highest BCUT2D eigenvalue weighted by Crippen LogP contribution is 2.22. The summed E-state index contributed by atoms with van der Waals surface area (Å²) in [6.45, 7) is 1.46. The van der Waals surface area contributed by atoms with Crippen molar-refractivity contribution in [1.29, 1.82) is 0 Å². The molecule has 0 radical (unpaired) electrons. The molecule has 0 spiro atoms. The minimum Gasteiger partial charge on any atom is -0.482 e. The smallest absolute Gasteiger partial charge is 0.344 e. The Morgan fingerprint density at radius 1 is 1.12 bits per heavy atom. The fourth-order valence-electron chi connectivity index (χ4n) is 2.05. The molecule has 0 amide bonds. The largest absolute Gasteiger partial charge is 0.482 e. The maximum Gasteiger partial charge on any atom is 0.344 e. The summed E-state index contributed by atoms with van der Waals surface area (Å²) in [4.78, 5) is 11.9. The van der Waals surface area contributed by atoms with Gasteiger partial charge in [0.05, 0.1) is 0 Å². The van der Waals surface area contributed by atoms with Gasteiger partial charge in [0.25, 0.3) is 5.89 Å². The van der Waals surface area contributed by atoms with Gasteiger partial charge in [-0.05, 0) is 43.3 Å². The Morgan fingerprint density at radius 3 is 2.56 bits per heavy atom. The Kier molecular flexibility index (Phi) is 5.45. The van der Waals surface area contributed by atoms with Crippen molar-refractivity contribution in [3.05, 3.63) is 65.0 Å². The molecule has 0 saturated heterocycles. The highest BCUT2D eigenvalue weighted by Gasteiger charge is 2.19. The predicted molar refractivity (Wildman–Crippen MR) is 93.9 cm³/mol. The van der Waals surface area contributed by atoms with Gasteiger partial charge in [-0.25, -0.2) is 4.79 Å². The van der Waals surface area contributed by atoms with E-state index in [-0.39, 0.29) is 12.5 Å². The van der Waals surface area contributed by atoms with Gasteiger partial charge in [0.15, 0.2) is 12.7 Å². The van der Waals surface area contributed by atoms with Crippen LogP contribution in [-0.4, -0.2) is 22.8 Å². The number of rotatable bonds is 6. The van der Waals surface area contributed by atoms with Crippen LogP contribution in [0.4, 0.5) is 0 Å². The first-order valence-electron chi connectivity index (χ1n) is 7.58. The molecule has 3 aromatic rings. The van der Waals surface area contributed by atoms with Crippen molar-refractivity contribution in [2.45, 2.75) is 13.0 Å². The number of nitrogens with zero attached hydrogens (tertiary/aromatic N) is 2. The molecule has 7 heteroatoms. The zero-order valence-corrected chi connectivity index (χ0v) is 15.0. The van der Waals surface area contributed by atoms with Crippen LogP contribution in [0.1, 0.15) is 18.9 Å². The molecule has 1 aromatic heterocycles. The highest BCUT2D eigenvalue weighted by molar-refractivity contribution is 9.10. The van der Waals surface area contributed by atoms with Crippen molar-refractivity contribution < 1.29 is 18.7 Å². The summed E-state index contributed by atoms with van der Waals surface area (Å²) in [5, 5.41) is 7.91. The number of benzene rings is 2. The van der Waals surface area contributed by atoms with Crippen molar-refractivity contribution in [1.82, 2.24) is 10.2 Å². The topological polar surface area (TPSA) is 74.5 Å². The quantitative estimate of drug-likeness (QED) is 0.575. The summed E-state index contributed by atoms with van der Waals surface area (Å²) >= 11 is 3.33. The van der Waals surface area contributed by atoms with E-state index in [1.54, 1.807) is 19.1 Å². The third-order valence-corrected chi connectivity index (χ3v) is 3.82. The van der Waals surface area contributed by atoms with Crippen LogP contribution in [0.15, 0.2) is 63.5 Å². The van der Waals surface area contributed by atoms with Crippen molar-refractivity contribution >= 4 is 21.9 Å². The SMILES string of the molecule is C[C@@H](OC(=O)COc1ccc(Br)cc1)c1nnc(-c2ccccc2)o1. The molecule has 25 heavy (non-hydrogen) atoms. The molecule has 6 nitrogen and oxygen atoms in total. The normalized spacial score (nSPS) is 11.8. The number of halogens is 1. The van der Waals surface area contributed by atoms with Crippen molar-refractivity contribution in [3.63, 3.8) is 0 Å². The number of carbonyl (C=O) groups excluding carboxylic acids is 1. The van der Waals surface area contributed by atoms with Crippen LogP contribution in [0.5, 0.6) is 5.75 Å². The fraction of sp³-hybridized carbons (Fsp3) is 0.167. The Morgan fingerprint density at radius 2 is 1.84 bits per heavy atom. The third kappa shape index (κ3) is 4.67. The van der Waals surface area contributed by atoms with E-state index in [1.165, 1.54) is 0 Å². The first-order chi connectivity index (χ1) is 12.1. The molecule has 0 fully saturated rings. The minimum absolute atomic E-state index is 0.203. The number of hydrogen-bond donors (Lipinski definition) is 0. The predicted octanol–water partition coefficient (Wildman–Crippen LogP) is 4.18. The monoisotopic (exact) mass is 402 g/mol. The molecule has 0 saturated carbocycles. The van der Waals surface area contributed by atoms with E-state index in [0.717, 1.165) is 10.0 Å². The maximum absolute atomic E-state index is 11.9.